The highest BCUT2D eigenvalue weighted by molar-refractivity contribution is 5.91. The zero-order chi connectivity index (χ0) is 14.3. The van der Waals surface area contributed by atoms with Crippen LogP contribution in [-0.4, -0.2) is 5.91 Å². The van der Waals surface area contributed by atoms with Crippen LogP contribution < -0.4 is 10.6 Å². The van der Waals surface area contributed by atoms with Crippen molar-refractivity contribution in [3.63, 3.8) is 0 Å². The zero-order valence-corrected chi connectivity index (χ0v) is 10.8. The number of anilines is 2. The van der Waals surface area contributed by atoms with Gasteiger partial charge in [0.2, 0.25) is 5.91 Å². The van der Waals surface area contributed by atoms with Gasteiger partial charge in [0, 0.05) is 24.0 Å². The molecule has 0 aliphatic rings. The van der Waals surface area contributed by atoms with E-state index >= 15 is 0 Å². The Morgan fingerprint density at radius 2 is 2.05 bits per heavy atom. The molecule has 5 nitrogen and oxygen atoms in total. The molecule has 1 aromatic rings. The first-order chi connectivity index (χ1) is 9.10. The third-order valence-electron chi connectivity index (χ3n) is 2.46. The molecule has 0 aromatic heterocycles. The van der Waals surface area contributed by atoms with E-state index in [0.29, 0.717) is 17.8 Å². The van der Waals surface area contributed by atoms with Gasteiger partial charge in [0.05, 0.1) is 0 Å². The molecule has 0 saturated carbocycles. The fourth-order valence-electron chi connectivity index (χ4n) is 1.33. The minimum atomic E-state index is -0.0643. The second-order valence-electron chi connectivity index (χ2n) is 3.86. The standard InChI is InChI=1S/C14H14N4O/c1-3-14(19)18-13-6-12(5-4-10(13)2)17-9-11(7-15)8-16/h4-6,9,17H,3H2,1-2H3,(H,18,19). The highest BCUT2D eigenvalue weighted by Crippen LogP contribution is 2.20. The second kappa shape index (κ2) is 6.83. The number of hydrogen-bond donors (Lipinski definition) is 2. The van der Waals surface area contributed by atoms with Gasteiger partial charge in [-0.15, -0.1) is 0 Å². The Morgan fingerprint density at radius 1 is 1.37 bits per heavy atom. The number of hydrogen-bond acceptors (Lipinski definition) is 4. The fraction of sp³-hybridized carbons (Fsp3) is 0.214. The Hall–Kier alpha value is -2.79. The van der Waals surface area contributed by atoms with Gasteiger partial charge in [0.25, 0.3) is 0 Å². The van der Waals surface area contributed by atoms with Gasteiger partial charge in [-0.3, -0.25) is 4.79 Å². The number of carbonyl (C=O) groups is 1. The van der Waals surface area contributed by atoms with Gasteiger partial charge in [-0.05, 0) is 24.6 Å². The highest BCUT2D eigenvalue weighted by atomic mass is 16.1. The number of aryl methyl sites for hydroxylation is 1. The molecule has 0 radical (unpaired) electrons. The zero-order valence-electron chi connectivity index (χ0n) is 10.8. The van der Waals surface area contributed by atoms with Crippen molar-refractivity contribution < 1.29 is 4.79 Å². The molecule has 0 fully saturated rings. The van der Waals surface area contributed by atoms with Crippen LogP contribution in [0.15, 0.2) is 30.0 Å². The molecule has 0 heterocycles. The number of benzene rings is 1. The topological polar surface area (TPSA) is 88.7 Å². The van der Waals surface area contributed by atoms with Crippen molar-refractivity contribution in [1.29, 1.82) is 10.5 Å². The number of nitrogens with one attached hydrogen (secondary N) is 2. The number of rotatable bonds is 4. The summed E-state index contributed by atoms with van der Waals surface area (Å²) in [6.07, 6.45) is 1.74. The van der Waals surface area contributed by atoms with Gasteiger partial charge in [0.15, 0.2) is 0 Å². The summed E-state index contributed by atoms with van der Waals surface area (Å²) in [5, 5.41) is 22.9. The molecule has 0 atom stereocenters. The van der Waals surface area contributed by atoms with Gasteiger partial charge in [-0.2, -0.15) is 10.5 Å². The van der Waals surface area contributed by atoms with Gasteiger partial charge in [-0.25, -0.2) is 0 Å². The Morgan fingerprint density at radius 3 is 2.63 bits per heavy atom. The smallest absolute Gasteiger partial charge is 0.224 e. The minimum absolute atomic E-state index is 0.0141. The van der Waals surface area contributed by atoms with Crippen molar-refractivity contribution in [3.8, 4) is 12.1 Å². The molecule has 0 saturated heterocycles. The van der Waals surface area contributed by atoms with Crippen molar-refractivity contribution >= 4 is 17.3 Å². The summed E-state index contributed by atoms with van der Waals surface area (Å²) in [6, 6.07) is 8.92. The molecular weight excluding hydrogens is 240 g/mol. The van der Waals surface area contributed by atoms with Crippen molar-refractivity contribution in [2.75, 3.05) is 10.6 Å². The molecule has 0 aliphatic carbocycles. The Labute approximate surface area is 112 Å². The average Bonchev–Trinajstić information content (AvgIpc) is 2.43. The van der Waals surface area contributed by atoms with Crippen molar-refractivity contribution in [3.05, 3.63) is 35.5 Å². The monoisotopic (exact) mass is 254 g/mol. The SMILES string of the molecule is CCC(=O)Nc1cc(NC=C(C#N)C#N)ccc1C. The maximum absolute atomic E-state index is 11.4. The molecule has 1 rings (SSSR count). The maximum atomic E-state index is 11.4. The summed E-state index contributed by atoms with van der Waals surface area (Å²) in [5.41, 5.74) is 2.33. The van der Waals surface area contributed by atoms with Crippen LogP contribution in [0, 0.1) is 29.6 Å². The van der Waals surface area contributed by atoms with Crippen LogP contribution in [0.5, 0.6) is 0 Å². The Kier molecular flexibility index (Phi) is 5.13. The van der Waals surface area contributed by atoms with Crippen LogP contribution in [0.25, 0.3) is 0 Å². The predicted molar refractivity (Wildman–Crippen MR) is 73.0 cm³/mol. The van der Waals surface area contributed by atoms with Crippen LogP contribution in [0.2, 0.25) is 0 Å². The average molecular weight is 254 g/mol. The number of nitriles is 2. The molecule has 0 aliphatic heterocycles. The summed E-state index contributed by atoms with van der Waals surface area (Å²) < 4.78 is 0. The number of nitrogens with zero attached hydrogens (tertiary/aromatic N) is 2. The molecule has 0 unspecified atom stereocenters. The lowest BCUT2D eigenvalue weighted by atomic mass is 10.1. The largest absolute Gasteiger partial charge is 0.360 e. The van der Waals surface area contributed by atoms with Crippen molar-refractivity contribution in [2.45, 2.75) is 20.3 Å². The normalized spacial score (nSPS) is 8.84. The molecule has 1 aromatic carbocycles. The maximum Gasteiger partial charge on any atom is 0.224 e. The summed E-state index contributed by atoms with van der Waals surface area (Å²) in [6.45, 7) is 3.67. The molecule has 1 amide bonds. The van der Waals surface area contributed by atoms with E-state index in [1.54, 1.807) is 31.2 Å². The van der Waals surface area contributed by atoms with Gasteiger partial charge < -0.3 is 10.6 Å². The number of amides is 1. The van der Waals surface area contributed by atoms with Gasteiger partial charge >= 0.3 is 0 Å². The molecule has 0 bridgehead atoms. The Bertz CT molecular complexity index is 574. The lowest BCUT2D eigenvalue weighted by molar-refractivity contribution is -0.115. The van der Waals surface area contributed by atoms with Crippen LogP contribution in [0.3, 0.4) is 0 Å². The third kappa shape index (κ3) is 4.18. The third-order valence-corrected chi connectivity index (χ3v) is 2.46. The van der Waals surface area contributed by atoms with E-state index in [-0.39, 0.29) is 11.5 Å². The van der Waals surface area contributed by atoms with Crippen LogP contribution in [0.4, 0.5) is 11.4 Å². The van der Waals surface area contributed by atoms with Gasteiger partial charge in [-0.1, -0.05) is 13.0 Å². The van der Waals surface area contributed by atoms with E-state index < -0.39 is 0 Å². The summed E-state index contributed by atoms with van der Waals surface area (Å²) >= 11 is 0. The van der Waals surface area contributed by atoms with E-state index in [2.05, 4.69) is 10.6 Å². The van der Waals surface area contributed by atoms with E-state index in [9.17, 15) is 4.79 Å². The van der Waals surface area contributed by atoms with Crippen LogP contribution in [0.1, 0.15) is 18.9 Å². The van der Waals surface area contributed by atoms with E-state index in [4.69, 9.17) is 10.5 Å². The van der Waals surface area contributed by atoms with Crippen LogP contribution in [-0.2, 0) is 4.79 Å². The van der Waals surface area contributed by atoms with E-state index in [1.165, 1.54) is 6.20 Å². The summed E-state index contributed by atoms with van der Waals surface area (Å²) in [4.78, 5) is 11.4. The van der Waals surface area contributed by atoms with Gasteiger partial charge in [0.1, 0.15) is 17.7 Å². The lowest BCUT2D eigenvalue weighted by Crippen LogP contribution is -2.10. The quantitative estimate of drug-likeness (QED) is 0.808. The fourth-order valence-corrected chi connectivity index (χ4v) is 1.33. The first-order valence-electron chi connectivity index (χ1n) is 5.78. The summed E-state index contributed by atoms with van der Waals surface area (Å²) in [5.74, 6) is -0.0643. The molecule has 0 spiro atoms. The number of allylic oxidation sites excluding steroid dienone is 1. The van der Waals surface area contributed by atoms with Crippen molar-refractivity contribution in [2.24, 2.45) is 0 Å². The first kappa shape index (κ1) is 14.3. The highest BCUT2D eigenvalue weighted by Gasteiger charge is 2.03. The first-order valence-corrected chi connectivity index (χ1v) is 5.78. The molecule has 2 N–H and O–H groups in total. The molecule has 19 heavy (non-hydrogen) atoms. The van der Waals surface area contributed by atoms with Crippen molar-refractivity contribution in [1.82, 2.24) is 0 Å². The minimum Gasteiger partial charge on any atom is -0.360 e. The molecular formula is C14H14N4O. The summed E-state index contributed by atoms with van der Waals surface area (Å²) in [7, 11) is 0. The second-order valence-corrected chi connectivity index (χ2v) is 3.86. The number of carbonyl (C=O) groups excluding carboxylic acids is 1. The molecule has 5 heteroatoms. The van der Waals surface area contributed by atoms with Crippen LogP contribution >= 0.6 is 0 Å². The molecule has 96 valence electrons. The van der Waals surface area contributed by atoms with E-state index in [1.807, 2.05) is 13.0 Å². The van der Waals surface area contributed by atoms with E-state index in [0.717, 1.165) is 5.56 Å². The lowest BCUT2D eigenvalue weighted by Gasteiger charge is -2.09. The predicted octanol–water partition coefficient (Wildman–Crippen LogP) is 2.69. The Balaban J connectivity index is 2.91.